The first-order valence-corrected chi connectivity index (χ1v) is 12.6. The lowest BCUT2D eigenvalue weighted by Gasteiger charge is -2.37. The largest absolute Gasteiger partial charge is 0.466 e. The van der Waals surface area contributed by atoms with Gasteiger partial charge in [-0.3, -0.25) is 4.57 Å². The van der Waals surface area contributed by atoms with Gasteiger partial charge in [-0.05, 0) is 43.9 Å². The topological polar surface area (TPSA) is 61.1 Å². The molecule has 0 spiro atoms. The molecule has 1 aromatic heterocycles. The maximum atomic E-state index is 13.2. The summed E-state index contributed by atoms with van der Waals surface area (Å²) in [4.78, 5) is 0. The lowest BCUT2D eigenvalue weighted by molar-refractivity contribution is 0.205. The van der Waals surface area contributed by atoms with Crippen LogP contribution in [-0.2, 0) is 18.1 Å². The van der Waals surface area contributed by atoms with Crippen molar-refractivity contribution >= 4 is 21.6 Å². The second-order valence-electron chi connectivity index (χ2n) is 6.16. The average molecular weight is 369 g/mol. The molecule has 1 heterocycles. The summed E-state index contributed by atoms with van der Waals surface area (Å²) in [5.41, 5.74) is 0.746. The molecule has 1 aromatic carbocycles. The van der Waals surface area contributed by atoms with Gasteiger partial charge in [0.2, 0.25) is 14.1 Å². The van der Waals surface area contributed by atoms with E-state index < -0.39 is 21.7 Å². The van der Waals surface area contributed by atoms with Crippen LogP contribution in [0, 0.1) is 0 Å². The third kappa shape index (κ3) is 4.37. The third-order valence-electron chi connectivity index (χ3n) is 3.21. The molecule has 0 aliphatic rings. The zero-order valence-corrected chi connectivity index (χ0v) is 16.5. The van der Waals surface area contributed by atoms with Gasteiger partial charge < -0.3 is 18.0 Å². The van der Waals surface area contributed by atoms with Crippen molar-refractivity contribution in [3.05, 3.63) is 54.5 Å². The standard InChI is InChI=1S/C16H24NO5PSi/c1-19-23(18,20-2)16(15-12-9-13-21-15)17(22-24(3,4)5)14-10-7-6-8-11-14/h6-13,16H,1-5H3. The minimum Gasteiger partial charge on any atom is -0.466 e. The molecular weight excluding hydrogens is 345 g/mol. The summed E-state index contributed by atoms with van der Waals surface area (Å²) in [6.45, 7) is 6.14. The Morgan fingerprint density at radius 2 is 1.67 bits per heavy atom. The summed E-state index contributed by atoms with van der Waals surface area (Å²) in [6, 6.07) is 12.9. The summed E-state index contributed by atoms with van der Waals surface area (Å²) in [7, 11) is -2.87. The van der Waals surface area contributed by atoms with E-state index in [4.69, 9.17) is 18.0 Å². The molecule has 0 N–H and O–H groups in total. The van der Waals surface area contributed by atoms with E-state index in [9.17, 15) is 4.57 Å². The molecule has 24 heavy (non-hydrogen) atoms. The van der Waals surface area contributed by atoms with Crippen LogP contribution >= 0.6 is 7.60 Å². The van der Waals surface area contributed by atoms with Crippen molar-refractivity contribution < 1.29 is 22.6 Å². The van der Waals surface area contributed by atoms with Crippen molar-refractivity contribution in [2.45, 2.75) is 25.4 Å². The number of rotatable bonds is 8. The SMILES string of the molecule is COP(=O)(OC)C(c1ccco1)N(O[Si](C)(C)C)c1ccccc1. The van der Waals surface area contributed by atoms with E-state index in [1.165, 1.54) is 20.5 Å². The van der Waals surface area contributed by atoms with Gasteiger partial charge in [-0.25, -0.2) is 5.06 Å². The molecule has 132 valence electrons. The Balaban J connectivity index is 2.58. The van der Waals surface area contributed by atoms with E-state index in [1.54, 1.807) is 17.2 Å². The van der Waals surface area contributed by atoms with Crippen LogP contribution in [0.5, 0.6) is 0 Å². The van der Waals surface area contributed by atoms with Crippen LogP contribution in [0.1, 0.15) is 11.5 Å². The van der Waals surface area contributed by atoms with Crippen LogP contribution in [0.15, 0.2) is 53.1 Å². The Kier molecular flexibility index (Phi) is 6.06. The molecule has 0 amide bonds. The molecule has 0 saturated carbocycles. The highest BCUT2D eigenvalue weighted by Gasteiger charge is 2.44. The highest BCUT2D eigenvalue weighted by atomic mass is 31.2. The van der Waals surface area contributed by atoms with Crippen LogP contribution in [0.3, 0.4) is 0 Å². The molecule has 0 saturated heterocycles. The maximum absolute atomic E-state index is 13.2. The molecular formula is C16H24NO5PSi. The molecule has 2 rings (SSSR count). The molecule has 2 aromatic rings. The summed E-state index contributed by atoms with van der Waals surface area (Å²) in [5.74, 6) is -0.402. The van der Waals surface area contributed by atoms with E-state index >= 15 is 0 Å². The number of anilines is 1. The second-order valence-corrected chi connectivity index (χ2v) is 12.9. The summed E-state index contributed by atoms with van der Waals surface area (Å²) < 4.78 is 35.5. The fraction of sp³-hybridized carbons (Fsp3) is 0.375. The van der Waals surface area contributed by atoms with Gasteiger partial charge >= 0.3 is 7.60 Å². The minimum atomic E-state index is -3.56. The van der Waals surface area contributed by atoms with Gasteiger partial charge in [0.25, 0.3) is 0 Å². The smallest absolute Gasteiger partial charge is 0.362 e. The Labute approximate surface area is 143 Å². The van der Waals surface area contributed by atoms with Crippen LogP contribution in [-0.4, -0.2) is 22.5 Å². The molecule has 1 unspecified atom stereocenters. The molecule has 0 aliphatic carbocycles. The minimum absolute atomic E-state index is 0.448. The van der Waals surface area contributed by atoms with Gasteiger partial charge in [-0.2, -0.15) is 0 Å². The van der Waals surface area contributed by atoms with Gasteiger partial charge in [0.05, 0.1) is 12.0 Å². The lowest BCUT2D eigenvalue weighted by atomic mass is 10.3. The van der Waals surface area contributed by atoms with Crippen molar-refractivity contribution in [2.75, 3.05) is 19.3 Å². The maximum Gasteiger partial charge on any atom is 0.362 e. The number of para-hydroxylation sites is 1. The number of hydroxylamine groups is 1. The molecule has 8 heteroatoms. The second kappa shape index (κ2) is 7.67. The van der Waals surface area contributed by atoms with E-state index in [-0.39, 0.29) is 0 Å². The molecule has 0 fully saturated rings. The van der Waals surface area contributed by atoms with E-state index in [0.29, 0.717) is 5.76 Å². The fourth-order valence-electron chi connectivity index (χ4n) is 2.23. The Morgan fingerprint density at radius 3 is 2.12 bits per heavy atom. The van der Waals surface area contributed by atoms with Gasteiger partial charge in [0, 0.05) is 14.2 Å². The van der Waals surface area contributed by atoms with Crippen molar-refractivity contribution in [2.24, 2.45) is 0 Å². The highest BCUT2D eigenvalue weighted by Crippen LogP contribution is 2.62. The highest BCUT2D eigenvalue weighted by molar-refractivity contribution is 7.54. The van der Waals surface area contributed by atoms with E-state index in [0.717, 1.165) is 5.69 Å². The van der Waals surface area contributed by atoms with Gasteiger partial charge in [0.1, 0.15) is 5.76 Å². The van der Waals surface area contributed by atoms with Crippen molar-refractivity contribution in [1.29, 1.82) is 0 Å². The summed E-state index contributed by atoms with van der Waals surface area (Å²) in [6.07, 6.45) is 1.52. The number of hydrogen-bond acceptors (Lipinski definition) is 6. The normalized spacial score (nSPS) is 13.7. The Bertz CT molecular complexity index is 664. The van der Waals surface area contributed by atoms with Crippen molar-refractivity contribution in [3.8, 4) is 0 Å². The number of furan rings is 1. The summed E-state index contributed by atoms with van der Waals surface area (Å²) >= 11 is 0. The molecule has 0 bridgehead atoms. The van der Waals surface area contributed by atoms with Crippen LogP contribution in [0.25, 0.3) is 0 Å². The van der Waals surface area contributed by atoms with Crippen LogP contribution in [0.2, 0.25) is 19.6 Å². The quantitative estimate of drug-likeness (QED) is 0.369. The van der Waals surface area contributed by atoms with Crippen LogP contribution in [0.4, 0.5) is 5.69 Å². The molecule has 0 aliphatic heterocycles. The van der Waals surface area contributed by atoms with E-state index in [2.05, 4.69) is 0 Å². The average Bonchev–Trinajstić information content (AvgIpc) is 3.07. The van der Waals surface area contributed by atoms with Gasteiger partial charge in [-0.1, -0.05) is 18.2 Å². The van der Waals surface area contributed by atoms with Gasteiger partial charge in [-0.15, -0.1) is 0 Å². The monoisotopic (exact) mass is 369 g/mol. The first-order chi connectivity index (χ1) is 11.3. The molecule has 1 atom stereocenters. The fourth-order valence-corrected chi connectivity index (χ4v) is 4.56. The molecule has 6 nitrogen and oxygen atoms in total. The molecule has 0 radical (unpaired) electrons. The van der Waals surface area contributed by atoms with Crippen molar-refractivity contribution in [3.63, 3.8) is 0 Å². The number of nitrogens with zero attached hydrogens (tertiary/aromatic N) is 1. The zero-order valence-electron chi connectivity index (χ0n) is 14.6. The first kappa shape index (κ1) is 19.0. The Morgan fingerprint density at radius 1 is 1.04 bits per heavy atom. The van der Waals surface area contributed by atoms with Crippen LogP contribution < -0.4 is 5.06 Å². The Hall–Kier alpha value is -1.37. The first-order valence-electron chi connectivity index (χ1n) is 7.59. The van der Waals surface area contributed by atoms with Gasteiger partial charge in [0.15, 0.2) is 0 Å². The van der Waals surface area contributed by atoms with Crippen molar-refractivity contribution in [1.82, 2.24) is 0 Å². The number of benzene rings is 1. The predicted molar refractivity (Wildman–Crippen MR) is 96.4 cm³/mol. The lowest BCUT2D eigenvalue weighted by Crippen LogP contribution is -2.40. The zero-order chi connectivity index (χ0) is 17.8. The predicted octanol–water partition coefficient (Wildman–Crippen LogP) is 5.04. The third-order valence-corrected chi connectivity index (χ3v) is 6.04. The number of hydrogen-bond donors (Lipinski definition) is 0. The summed E-state index contributed by atoms with van der Waals surface area (Å²) in [5, 5.41) is 1.60. The van der Waals surface area contributed by atoms with E-state index in [1.807, 2.05) is 50.0 Å².